The monoisotopic (exact) mass is 444 g/mol. The molecule has 1 fully saturated rings. The van der Waals surface area contributed by atoms with Crippen molar-refractivity contribution in [1.82, 2.24) is 9.62 Å². The van der Waals surface area contributed by atoms with Crippen molar-refractivity contribution in [2.45, 2.75) is 49.7 Å². The normalized spacial score (nSPS) is 18.2. The zero-order chi connectivity index (χ0) is 22.4. The lowest BCUT2D eigenvalue weighted by molar-refractivity contribution is -0.126. The van der Waals surface area contributed by atoms with E-state index in [0.29, 0.717) is 31.5 Å². The van der Waals surface area contributed by atoms with Crippen molar-refractivity contribution in [3.63, 3.8) is 0 Å². The van der Waals surface area contributed by atoms with Crippen LogP contribution >= 0.6 is 0 Å². The maximum Gasteiger partial charge on any atom is 0.243 e. The highest BCUT2D eigenvalue weighted by atomic mass is 32.2. The predicted molar refractivity (Wildman–Crippen MR) is 119 cm³/mol. The zero-order valence-corrected chi connectivity index (χ0v) is 18.3. The first-order chi connectivity index (χ1) is 14.8. The SMILES string of the molecule is CC(=O)Nc1ccc(C[C@@H](N)NC(=O)[C@@H]2CCCCN2S(=O)(=O)c2ccccc2)cc1. The molecule has 0 spiro atoms. The lowest BCUT2D eigenvalue weighted by Gasteiger charge is -2.34. The van der Waals surface area contributed by atoms with Gasteiger partial charge in [-0.15, -0.1) is 0 Å². The van der Waals surface area contributed by atoms with Gasteiger partial charge in [0.1, 0.15) is 6.04 Å². The molecule has 2 atom stereocenters. The molecule has 2 aromatic rings. The number of hydrogen-bond donors (Lipinski definition) is 3. The van der Waals surface area contributed by atoms with Gasteiger partial charge in [-0.25, -0.2) is 8.42 Å². The first-order valence-electron chi connectivity index (χ1n) is 10.3. The van der Waals surface area contributed by atoms with Crippen molar-refractivity contribution >= 4 is 27.5 Å². The minimum absolute atomic E-state index is 0.154. The number of sulfonamides is 1. The number of amides is 2. The molecule has 0 unspecified atom stereocenters. The molecule has 1 heterocycles. The first-order valence-corrected chi connectivity index (χ1v) is 11.7. The molecule has 1 aliphatic heterocycles. The molecule has 0 bridgehead atoms. The highest BCUT2D eigenvalue weighted by Gasteiger charge is 2.37. The summed E-state index contributed by atoms with van der Waals surface area (Å²) in [5.41, 5.74) is 7.69. The summed E-state index contributed by atoms with van der Waals surface area (Å²) in [6.07, 6.45) is 1.66. The zero-order valence-electron chi connectivity index (χ0n) is 17.5. The molecule has 9 heteroatoms. The summed E-state index contributed by atoms with van der Waals surface area (Å²) in [4.78, 5) is 24.2. The van der Waals surface area contributed by atoms with Crippen LogP contribution < -0.4 is 16.4 Å². The number of nitrogens with two attached hydrogens (primary N) is 1. The van der Waals surface area contributed by atoms with Gasteiger partial charge in [-0.3, -0.25) is 9.59 Å². The van der Waals surface area contributed by atoms with Gasteiger partial charge in [0.05, 0.1) is 11.1 Å². The van der Waals surface area contributed by atoms with E-state index in [4.69, 9.17) is 5.73 Å². The quantitative estimate of drug-likeness (QED) is 0.563. The van der Waals surface area contributed by atoms with E-state index in [9.17, 15) is 18.0 Å². The summed E-state index contributed by atoms with van der Waals surface area (Å²) in [5.74, 6) is -0.541. The van der Waals surface area contributed by atoms with Crippen LogP contribution in [0.25, 0.3) is 0 Å². The molecule has 31 heavy (non-hydrogen) atoms. The van der Waals surface area contributed by atoms with Gasteiger partial charge >= 0.3 is 0 Å². The Kier molecular flexibility index (Phi) is 7.42. The van der Waals surface area contributed by atoms with E-state index >= 15 is 0 Å². The van der Waals surface area contributed by atoms with Crippen molar-refractivity contribution in [2.24, 2.45) is 5.73 Å². The predicted octanol–water partition coefficient (Wildman–Crippen LogP) is 1.83. The van der Waals surface area contributed by atoms with Gasteiger partial charge in [0, 0.05) is 25.6 Å². The maximum absolute atomic E-state index is 13.1. The molecule has 0 radical (unpaired) electrons. The molecule has 0 aromatic heterocycles. The first kappa shape index (κ1) is 22.9. The van der Waals surface area contributed by atoms with E-state index in [-0.39, 0.29) is 16.7 Å². The average Bonchev–Trinajstić information content (AvgIpc) is 2.75. The van der Waals surface area contributed by atoms with Crippen LogP contribution in [0.2, 0.25) is 0 Å². The molecule has 1 aliphatic rings. The summed E-state index contributed by atoms with van der Waals surface area (Å²) >= 11 is 0. The second-order valence-corrected chi connectivity index (χ2v) is 9.53. The Morgan fingerprint density at radius 3 is 2.42 bits per heavy atom. The molecule has 2 amide bonds. The fourth-order valence-corrected chi connectivity index (χ4v) is 5.37. The molecule has 0 saturated carbocycles. The lowest BCUT2D eigenvalue weighted by atomic mass is 10.0. The van der Waals surface area contributed by atoms with Crippen LogP contribution in [0.4, 0.5) is 5.69 Å². The molecule has 166 valence electrons. The van der Waals surface area contributed by atoms with Gasteiger partial charge < -0.3 is 16.4 Å². The second kappa shape index (κ2) is 10.0. The van der Waals surface area contributed by atoms with Crippen molar-refractivity contribution < 1.29 is 18.0 Å². The third-order valence-electron chi connectivity index (χ3n) is 5.16. The molecule has 1 saturated heterocycles. The van der Waals surface area contributed by atoms with Gasteiger partial charge in [-0.05, 0) is 42.7 Å². The number of rotatable bonds is 7. The van der Waals surface area contributed by atoms with Crippen LogP contribution in [0, 0.1) is 0 Å². The minimum Gasteiger partial charge on any atom is -0.339 e. The molecule has 8 nitrogen and oxygen atoms in total. The Bertz CT molecular complexity index is 1010. The van der Waals surface area contributed by atoms with Crippen LogP contribution in [-0.4, -0.2) is 43.3 Å². The fourth-order valence-electron chi connectivity index (χ4n) is 3.69. The number of benzene rings is 2. The van der Waals surface area contributed by atoms with Gasteiger partial charge in [0.15, 0.2) is 0 Å². The van der Waals surface area contributed by atoms with Crippen molar-refractivity contribution in [3.05, 3.63) is 60.2 Å². The van der Waals surface area contributed by atoms with E-state index in [1.165, 1.54) is 23.4 Å². The number of hydrogen-bond acceptors (Lipinski definition) is 5. The Hall–Kier alpha value is -2.75. The van der Waals surface area contributed by atoms with Crippen molar-refractivity contribution in [3.8, 4) is 0 Å². The summed E-state index contributed by atoms with van der Waals surface area (Å²) in [6.45, 7) is 1.74. The number of nitrogens with zero attached hydrogens (tertiary/aromatic N) is 1. The van der Waals surface area contributed by atoms with Gasteiger partial charge in [0.2, 0.25) is 21.8 Å². The van der Waals surface area contributed by atoms with Crippen LogP contribution in [0.3, 0.4) is 0 Å². The summed E-state index contributed by atoms with van der Waals surface area (Å²) in [5, 5.41) is 5.45. The highest BCUT2D eigenvalue weighted by molar-refractivity contribution is 7.89. The Labute approximate surface area is 182 Å². The van der Waals surface area contributed by atoms with Gasteiger partial charge in [-0.1, -0.05) is 36.8 Å². The number of carbonyl (C=O) groups is 2. The molecule has 0 aliphatic carbocycles. The van der Waals surface area contributed by atoms with Crippen molar-refractivity contribution in [2.75, 3.05) is 11.9 Å². The molecule has 2 aromatic carbocycles. The van der Waals surface area contributed by atoms with E-state index in [0.717, 1.165) is 12.0 Å². The van der Waals surface area contributed by atoms with E-state index in [1.54, 1.807) is 30.3 Å². The van der Waals surface area contributed by atoms with Crippen LogP contribution in [-0.2, 0) is 26.0 Å². The summed E-state index contributed by atoms with van der Waals surface area (Å²) < 4.78 is 27.4. The Balaban J connectivity index is 1.65. The Morgan fingerprint density at radius 2 is 1.77 bits per heavy atom. The highest BCUT2D eigenvalue weighted by Crippen LogP contribution is 2.25. The van der Waals surface area contributed by atoms with E-state index < -0.39 is 22.2 Å². The van der Waals surface area contributed by atoms with E-state index in [1.807, 2.05) is 12.1 Å². The average molecular weight is 445 g/mol. The maximum atomic E-state index is 13.1. The van der Waals surface area contributed by atoms with Crippen LogP contribution in [0.1, 0.15) is 31.7 Å². The lowest BCUT2D eigenvalue weighted by Crippen LogP contribution is -2.55. The summed E-state index contributed by atoms with van der Waals surface area (Å²) in [7, 11) is -3.77. The number of piperidine rings is 1. The van der Waals surface area contributed by atoms with Crippen LogP contribution in [0.15, 0.2) is 59.5 Å². The number of anilines is 1. The standard InChI is InChI=1S/C22H28N4O4S/c1-16(27)24-18-12-10-17(11-13-18)15-21(23)25-22(28)20-9-5-6-14-26(20)31(29,30)19-7-3-2-4-8-19/h2-4,7-8,10-13,20-21H,5-6,9,14-15,23H2,1H3,(H,24,27)(H,25,28)/t20-,21-/m0/s1. The molecular weight excluding hydrogens is 416 g/mol. The molecule has 4 N–H and O–H groups in total. The third kappa shape index (κ3) is 5.90. The number of carbonyl (C=O) groups excluding carboxylic acids is 2. The smallest absolute Gasteiger partial charge is 0.243 e. The van der Waals surface area contributed by atoms with Crippen molar-refractivity contribution in [1.29, 1.82) is 0 Å². The number of nitrogens with one attached hydrogen (secondary N) is 2. The largest absolute Gasteiger partial charge is 0.339 e. The molecular formula is C22H28N4O4S. The summed E-state index contributed by atoms with van der Waals surface area (Å²) in [6, 6.07) is 14.5. The minimum atomic E-state index is -3.77. The van der Waals surface area contributed by atoms with Gasteiger partial charge in [-0.2, -0.15) is 4.31 Å². The topological polar surface area (TPSA) is 122 Å². The van der Waals surface area contributed by atoms with Crippen LogP contribution in [0.5, 0.6) is 0 Å². The van der Waals surface area contributed by atoms with Gasteiger partial charge in [0.25, 0.3) is 0 Å². The fraction of sp³-hybridized carbons (Fsp3) is 0.364. The molecule has 3 rings (SSSR count). The third-order valence-corrected chi connectivity index (χ3v) is 7.09. The second-order valence-electron chi connectivity index (χ2n) is 7.64. The Morgan fingerprint density at radius 1 is 1.10 bits per heavy atom. The van der Waals surface area contributed by atoms with E-state index in [2.05, 4.69) is 10.6 Å².